The average Bonchev–Trinajstić information content (AvgIpc) is 3.89. The van der Waals surface area contributed by atoms with Gasteiger partial charge in [-0.1, -0.05) is 41.9 Å². The van der Waals surface area contributed by atoms with Crippen molar-refractivity contribution in [2.24, 2.45) is 13.0 Å². The van der Waals surface area contributed by atoms with E-state index in [1.165, 1.54) is 12.3 Å². The number of halogens is 2. The Labute approximate surface area is 415 Å². The van der Waals surface area contributed by atoms with E-state index < -0.39 is 42.6 Å². The topological polar surface area (TPSA) is 187 Å². The van der Waals surface area contributed by atoms with Gasteiger partial charge < -0.3 is 29.7 Å². The fraction of sp³-hybridized carbons (Fsp3) is 0.353. The summed E-state index contributed by atoms with van der Waals surface area (Å²) in [4.78, 5) is 67.8. The second-order valence-corrected chi connectivity index (χ2v) is 22.5. The molecule has 0 spiro atoms. The molecule has 3 N–H and O–H groups in total. The molecule has 1 unspecified atom stereocenters. The van der Waals surface area contributed by atoms with E-state index >= 15 is 4.39 Å². The fourth-order valence-corrected chi connectivity index (χ4v) is 12.0. The van der Waals surface area contributed by atoms with Crippen LogP contribution in [-0.4, -0.2) is 125 Å². The van der Waals surface area contributed by atoms with E-state index in [2.05, 4.69) is 35.8 Å². The normalized spacial score (nSPS) is 18.1. The first-order chi connectivity index (χ1) is 34.1. The lowest BCUT2D eigenvalue weighted by Gasteiger charge is -2.39. The summed E-state index contributed by atoms with van der Waals surface area (Å²) in [6.07, 6.45) is 8.10. The molecule has 4 aliphatic heterocycles. The van der Waals surface area contributed by atoms with Crippen LogP contribution in [0.15, 0.2) is 79.3 Å². The highest BCUT2D eigenvalue weighted by atomic mass is 35.5. The number of nitrogens with zero attached hydrogens (tertiary/aromatic N) is 8. The summed E-state index contributed by atoms with van der Waals surface area (Å²) in [6.45, 7) is 8.93. The van der Waals surface area contributed by atoms with Gasteiger partial charge in [0.25, 0.3) is 11.8 Å². The Bertz CT molecular complexity index is 3170. The number of nitrogens with one attached hydrogen (secondary N) is 3. The van der Waals surface area contributed by atoms with Gasteiger partial charge in [-0.2, -0.15) is 10.1 Å². The number of rotatable bonds is 13. The molecule has 3 fully saturated rings. The third-order valence-electron chi connectivity index (χ3n) is 14.0. The molecule has 4 amide bonds. The van der Waals surface area contributed by atoms with E-state index in [1.807, 2.05) is 72.9 Å². The molecule has 2 aromatic heterocycles. The van der Waals surface area contributed by atoms with Crippen molar-refractivity contribution in [3.63, 3.8) is 0 Å². The van der Waals surface area contributed by atoms with Crippen LogP contribution in [0, 0.1) is 11.7 Å². The maximum Gasteiger partial charge on any atom is 0.262 e. The highest BCUT2D eigenvalue weighted by Crippen LogP contribution is 2.44. The predicted molar refractivity (Wildman–Crippen MR) is 273 cm³/mol. The molecule has 0 aliphatic carbocycles. The zero-order valence-electron chi connectivity index (χ0n) is 39.9. The monoisotopic (exact) mass is 1000 g/mol. The van der Waals surface area contributed by atoms with Crippen LogP contribution in [0.3, 0.4) is 0 Å². The third kappa shape index (κ3) is 9.55. The number of imide groups is 2. The third-order valence-corrected chi connectivity index (χ3v) is 15.9. The van der Waals surface area contributed by atoms with Crippen LogP contribution >= 0.6 is 18.7 Å². The highest BCUT2D eigenvalue weighted by molar-refractivity contribution is 7.71. The molecule has 0 saturated carbocycles. The summed E-state index contributed by atoms with van der Waals surface area (Å²) in [5, 5.41) is 16.3. The Balaban J connectivity index is 0.784. The Kier molecular flexibility index (Phi) is 13.0. The first-order valence-corrected chi connectivity index (χ1v) is 26.7. The summed E-state index contributed by atoms with van der Waals surface area (Å²) in [5.41, 5.74) is 4.48. The zero-order chi connectivity index (χ0) is 49.7. The number of piperidine rings is 2. The van der Waals surface area contributed by atoms with Crippen molar-refractivity contribution in [1.29, 1.82) is 0 Å². The lowest BCUT2D eigenvalue weighted by molar-refractivity contribution is -0.136. The number of piperazine rings is 1. The van der Waals surface area contributed by atoms with Gasteiger partial charge in [0.2, 0.25) is 17.8 Å². The summed E-state index contributed by atoms with van der Waals surface area (Å²) in [6, 6.07) is 17.3. The molecule has 368 valence electrons. The van der Waals surface area contributed by atoms with E-state index in [-0.39, 0.29) is 35.6 Å². The maximum absolute atomic E-state index is 15.6. The van der Waals surface area contributed by atoms with Gasteiger partial charge in [-0.05, 0) is 86.5 Å². The smallest absolute Gasteiger partial charge is 0.262 e. The van der Waals surface area contributed by atoms with Crippen LogP contribution in [0.4, 0.5) is 38.9 Å². The molecular formula is C51H54ClFN11O6P. The number of methoxy groups -OCH3 is 1. The predicted octanol–water partition coefficient (Wildman–Crippen LogP) is 7.40. The summed E-state index contributed by atoms with van der Waals surface area (Å²) >= 11 is 6.68. The van der Waals surface area contributed by atoms with E-state index in [0.29, 0.717) is 52.3 Å². The summed E-state index contributed by atoms with van der Waals surface area (Å²) in [7, 11) is 0.767. The van der Waals surface area contributed by atoms with Crippen molar-refractivity contribution in [1.82, 2.24) is 34.9 Å². The van der Waals surface area contributed by atoms with Gasteiger partial charge >= 0.3 is 0 Å². The molecule has 10 rings (SSSR count). The number of fused-ring (bicyclic) bond motifs is 2. The van der Waals surface area contributed by atoms with Crippen LogP contribution in [-0.2, 0) is 21.2 Å². The van der Waals surface area contributed by atoms with Crippen LogP contribution in [0.1, 0.15) is 52.8 Å². The van der Waals surface area contributed by atoms with Crippen LogP contribution < -0.4 is 35.8 Å². The lowest BCUT2D eigenvalue weighted by atomic mass is 9.92. The number of hydrogen-bond donors (Lipinski definition) is 3. The quantitative estimate of drug-likeness (QED) is 0.0768. The van der Waals surface area contributed by atoms with Crippen molar-refractivity contribution >= 4 is 93.0 Å². The number of carbonyl (C=O) groups excluding carboxylic acids is 4. The van der Waals surface area contributed by atoms with Crippen molar-refractivity contribution in [2.45, 2.75) is 38.1 Å². The number of carbonyl (C=O) groups is 4. The summed E-state index contributed by atoms with van der Waals surface area (Å²) < 4.78 is 37.0. The minimum Gasteiger partial charge on any atom is -0.494 e. The minimum atomic E-state index is -2.75. The first kappa shape index (κ1) is 47.8. The molecule has 6 aromatic rings. The number of aromatic nitrogens is 4. The van der Waals surface area contributed by atoms with Gasteiger partial charge in [0, 0.05) is 87.1 Å². The lowest BCUT2D eigenvalue weighted by Crippen LogP contribution is -2.54. The fourth-order valence-electron chi connectivity index (χ4n) is 10.3. The molecule has 20 heteroatoms. The number of anilines is 6. The van der Waals surface area contributed by atoms with Crippen molar-refractivity contribution in [2.75, 3.05) is 86.7 Å². The molecule has 4 aliphatic rings. The van der Waals surface area contributed by atoms with Crippen LogP contribution in [0.2, 0.25) is 5.02 Å². The standard InChI is InChI=1S/C51H54ClFN11O6P/c1-60-29-32(27-55-60)34-24-40(57-51-54-28-37(52)47(59-51)56-39-10-9-31-7-5-6-8-33(31)46(39)71(3,4)69)44(70-2)26-42(34)63-21-19-61(20-22-63)16-13-30-14-17-62(18-15-30)43-25-36-35(23-38(43)53)49(67)64(50(36)68)41-11-12-45(65)58-48(41)66/h5-10,23-30,41H,11-22H2,1-4H3,(H,58,65,66)(H2,54,56,57,59). The van der Waals surface area contributed by atoms with Crippen molar-refractivity contribution in [3.05, 3.63) is 101 Å². The van der Waals surface area contributed by atoms with Crippen LogP contribution in [0.5, 0.6) is 5.75 Å². The van der Waals surface area contributed by atoms with Gasteiger partial charge in [-0.15, -0.1) is 0 Å². The van der Waals surface area contributed by atoms with E-state index in [4.69, 9.17) is 21.3 Å². The molecule has 17 nitrogen and oxygen atoms in total. The van der Waals surface area contributed by atoms with Crippen molar-refractivity contribution < 1.29 is 32.9 Å². The molecule has 0 radical (unpaired) electrons. The Morgan fingerprint density at radius 1 is 0.845 bits per heavy atom. The Morgan fingerprint density at radius 2 is 1.58 bits per heavy atom. The molecular weight excluding hydrogens is 948 g/mol. The Hall–Kier alpha value is -6.88. The molecule has 4 aromatic carbocycles. The summed E-state index contributed by atoms with van der Waals surface area (Å²) in [5.74, 6) is -1.44. The van der Waals surface area contributed by atoms with E-state index in [1.54, 1.807) is 25.1 Å². The average molecular weight is 1000 g/mol. The highest BCUT2D eigenvalue weighted by Gasteiger charge is 2.45. The van der Waals surface area contributed by atoms with Gasteiger partial charge in [-0.25, -0.2) is 9.37 Å². The largest absolute Gasteiger partial charge is 0.494 e. The SMILES string of the molecule is COc1cc(N2CCN(CCC3CCN(c4cc5c(cc4F)C(=O)N(C4CCC(=O)NC4=O)C5=O)CC3)CC2)c(-c2cnn(C)c2)cc1Nc1ncc(Cl)c(Nc2ccc3ccccc3c2P(C)(C)=O)n1. The molecule has 1 atom stereocenters. The first-order valence-electron chi connectivity index (χ1n) is 23.8. The minimum absolute atomic E-state index is 0.0113. The molecule has 3 saturated heterocycles. The number of hydrogen-bond acceptors (Lipinski definition) is 14. The Morgan fingerprint density at radius 3 is 2.28 bits per heavy atom. The van der Waals surface area contributed by atoms with Gasteiger partial charge in [0.15, 0.2) is 5.82 Å². The number of benzene rings is 4. The zero-order valence-corrected chi connectivity index (χ0v) is 41.5. The van der Waals surface area contributed by atoms with Crippen LogP contribution in [0.25, 0.3) is 21.9 Å². The van der Waals surface area contributed by atoms with Gasteiger partial charge in [-0.3, -0.25) is 39.0 Å². The second-order valence-electron chi connectivity index (χ2n) is 19.0. The number of ether oxygens (including phenoxy) is 1. The molecule has 6 heterocycles. The van der Waals surface area contributed by atoms with E-state index in [9.17, 15) is 23.7 Å². The maximum atomic E-state index is 15.6. The number of aryl methyl sites for hydroxylation is 1. The molecule has 0 bridgehead atoms. The van der Waals surface area contributed by atoms with Crippen molar-refractivity contribution in [3.8, 4) is 16.9 Å². The van der Waals surface area contributed by atoms with E-state index in [0.717, 1.165) is 90.5 Å². The van der Waals surface area contributed by atoms with Gasteiger partial charge in [0.05, 0.1) is 47.7 Å². The van der Waals surface area contributed by atoms with Gasteiger partial charge in [0.1, 0.15) is 29.8 Å². The number of amides is 4. The second kappa shape index (κ2) is 19.4. The molecule has 71 heavy (non-hydrogen) atoms.